The Hall–Kier alpha value is -7.35. The van der Waals surface area contributed by atoms with Crippen molar-refractivity contribution in [1.82, 2.24) is 24.9 Å². The molecule has 0 aliphatic heterocycles. The first-order valence-corrected chi connectivity index (χ1v) is 19.2. The third kappa shape index (κ3) is 5.44. The van der Waals surface area contributed by atoms with Gasteiger partial charge in [0.2, 0.25) is 0 Å². The van der Waals surface area contributed by atoms with Gasteiger partial charge in [-0.1, -0.05) is 158 Å². The van der Waals surface area contributed by atoms with Crippen LogP contribution >= 0.6 is 11.3 Å². The van der Waals surface area contributed by atoms with E-state index in [1.165, 1.54) is 4.70 Å². The molecular weight excluding hydrogens is 707 g/mol. The SMILES string of the molecule is c1ccc(-c2ccc(-c3nc(-c4ccccc4)nc(-c4cccc5oc6cccc(-c7nc(-c8ccccc8)c8sc9ccccc9c8n7)c6c45)n3)cc2)cc1. The first-order valence-electron chi connectivity index (χ1n) is 18.4. The van der Waals surface area contributed by atoms with Crippen molar-refractivity contribution in [2.45, 2.75) is 0 Å². The Kier molecular flexibility index (Phi) is 7.57. The van der Waals surface area contributed by atoms with Crippen LogP contribution in [-0.2, 0) is 0 Å². The largest absolute Gasteiger partial charge is 0.456 e. The van der Waals surface area contributed by atoms with Gasteiger partial charge in [0.25, 0.3) is 0 Å². The van der Waals surface area contributed by atoms with Crippen LogP contribution in [-0.4, -0.2) is 24.9 Å². The van der Waals surface area contributed by atoms with Crippen LogP contribution < -0.4 is 0 Å². The Morgan fingerprint density at radius 2 is 0.839 bits per heavy atom. The molecular formula is C49H29N5OS. The van der Waals surface area contributed by atoms with Gasteiger partial charge in [-0.3, -0.25) is 0 Å². The Morgan fingerprint density at radius 3 is 1.48 bits per heavy atom. The summed E-state index contributed by atoms with van der Waals surface area (Å²) in [4.78, 5) is 26.0. The number of benzene rings is 7. The molecule has 7 heteroatoms. The number of rotatable bonds is 6. The Bertz CT molecular complexity index is 3230. The van der Waals surface area contributed by atoms with E-state index in [0.717, 1.165) is 82.2 Å². The molecule has 0 unspecified atom stereocenters. The molecule has 0 amide bonds. The van der Waals surface area contributed by atoms with E-state index in [0.29, 0.717) is 23.3 Å². The van der Waals surface area contributed by atoms with E-state index in [-0.39, 0.29) is 0 Å². The van der Waals surface area contributed by atoms with Crippen LogP contribution in [0.25, 0.3) is 110 Å². The van der Waals surface area contributed by atoms with Crippen molar-refractivity contribution in [1.29, 1.82) is 0 Å². The predicted molar refractivity (Wildman–Crippen MR) is 228 cm³/mol. The average molecular weight is 736 g/mol. The summed E-state index contributed by atoms with van der Waals surface area (Å²) in [7, 11) is 0. The maximum absolute atomic E-state index is 6.59. The molecule has 0 saturated carbocycles. The summed E-state index contributed by atoms with van der Waals surface area (Å²) in [6.07, 6.45) is 0. The van der Waals surface area contributed by atoms with Gasteiger partial charge in [-0.05, 0) is 29.3 Å². The molecule has 0 atom stereocenters. The first-order chi connectivity index (χ1) is 27.7. The topological polar surface area (TPSA) is 77.6 Å². The third-order valence-corrected chi connectivity index (χ3v) is 11.4. The monoisotopic (exact) mass is 735 g/mol. The van der Waals surface area contributed by atoms with Crippen LogP contribution in [0.5, 0.6) is 0 Å². The highest BCUT2D eigenvalue weighted by atomic mass is 32.1. The van der Waals surface area contributed by atoms with Crippen molar-refractivity contribution in [3.05, 3.63) is 176 Å². The van der Waals surface area contributed by atoms with E-state index in [1.54, 1.807) is 11.3 Å². The zero-order chi connectivity index (χ0) is 37.0. The van der Waals surface area contributed by atoms with E-state index in [9.17, 15) is 0 Å². The summed E-state index contributed by atoms with van der Waals surface area (Å²) >= 11 is 1.73. The van der Waals surface area contributed by atoms with Gasteiger partial charge in [0.1, 0.15) is 11.2 Å². The van der Waals surface area contributed by atoms with E-state index in [2.05, 4.69) is 109 Å². The average Bonchev–Trinajstić information content (AvgIpc) is 3.86. The maximum Gasteiger partial charge on any atom is 0.164 e. The summed E-state index contributed by atoms with van der Waals surface area (Å²) in [5, 5.41) is 2.92. The fourth-order valence-electron chi connectivity index (χ4n) is 7.53. The summed E-state index contributed by atoms with van der Waals surface area (Å²) < 4.78 is 8.83. The summed E-state index contributed by atoms with van der Waals surface area (Å²) in [5.41, 5.74) is 10.1. The lowest BCUT2D eigenvalue weighted by Gasteiger charge is -2.11. The van der Waals surface area contributed by atoms with E-state index in [4.69, 9.17) is 29.3 Å². The van der Waals surface area contributed by atoms with Crippen molar-refractivity contribution in [2.24, 2.45) is 0 Å². The number of thiophene rings is 1. The van der Waals surface area contributed by atoms with E-state index >= 15 is 0 Å². The van der Waals surface area contributed by atoms with Crippen molar-refractivity contribution in [2.75, 3.05) is 0 Å². The van der Waals surface area contributed by atoms with E-state index in [1.807, 2.05) is 66.7 Å². The van der Waals surface area contributed by atoms with Gasteiger partial charge in [0, 0.05) is 48.7 Å². The molecule has 0 fully saturated rings. The number of aromatic nitrogens is 5. The highest BCUT2D eigenvalue weighted by Crippen LogP contribution is 2.43. The molecule has 262 valence electrons. The predicted octanol–water partition coefficient (Wildman–Crippen LogP) is 12.9. The molecule has 6 nitrogen and oxygen atoms in total. The van der Waals surface area contributed by atoms with Gasteiger partial charge >= 0.3 is 0 Å². The fraction of sp³-hybridized carbons (Fsp3) is 0. The summed E-state index contributed by atoms with van der Waals surface area (Å²) in [6.45, 7) is 0. The van der Waals surface area contributed by atoms with Gasteiger partial charge in [-0.2, -0.15) is 0 Å². The summed E-state index contributed by atoms with van der Waals surface area (Å²) in [6, 6.07) is 59.7. The summed E-state index contributed by atoms with van der Waals surface area (Å²) in [5.74, 6) is 2.36. The van der Waals surface area contributed by atoms with Crippen LogP contribution in [0.3, 0.4) is 0 Å². The van der Waals surface area contributed by atoms with Crippen molar-refractivity contribution < 1.29 is 4.42 Å². The minimum absolute atomic E-state index is 0.550. The lowest BCUT2D eigenvalue weighted by atomic mass is 10.0. The molecule has 11 aromatic rings. The minimum Gasteiger partial charge on any atom is -0.456 e. The van der Waals surface area contributed by atoms with Crippen LogP contribution in [0.2, 0.25) is 0 Å². The molecule has 11 rings (SSSR count). The smallest absolute Gasteiger partial charge is 0.164 e. The molecule has 0 saturated heterocycles. The molecule has 7 aromatic carbocycles. The van der Waals surface area contributed by atoms with Gasteiger partial charge < -0.3 is 4.42 Å². The lowest BCUT2D eigenvalue weighted by Crippen LogP contribution is -2.00. The molecule has 0 N–H and O–H groups in total. The molecule has 4 aromatic heterocycles. The highest BCUT2D eigenvalue weighted by molar-refractivity contribution is 7.26. The normalized spacial score (nSPS) is 11.6. The Labute approximate surface area is 325 Å². The number of fused-ring (bicyclic) bond motifs is 6. The molecule has 0 radical (unpaired) electrons. The van der Waals surface area contributed by atoms with Crippen molar-refractivity contribution >= 4 is 53.6 Å². The zero-order valence-corrected chi connectivity index (χ0v) is 30.6. The standard InChI is InChI=1S/C49H29N5OS/c1-4-14-30(15-5-1)31-26-28-34(29-27-31)47-52-46(33-18-8-3-9-19-33)53-49(54-47)37-22-13-24-39-42(37)41-36(21-12-23-38(41)55-39)48-50-43(32-16-6-2-7-17-32)45-44(51-48)35-20-10-11-25-40(35)56-45/h1-29H. The zero-order valence-electron chi connectivity index (χ0n) is 29.8. The molecule has 0 aliphatic rings. The van der Waals surface area contributed by atoms with Gasteiger partial charge in [0.05, 0.1) is 15.9 Å². The second-order valence-corrected chi connectivity index (χ2v) is 14.7. The third-order valence-electron chi connectivity index (χ3n) is 10.2. The molecule has 0 spiro atoms. The minimum atomic E-state index is 0.550. The fourth-order valence-corrected chi connectivity index (χ4v) is 8.68. The van der Waals surface area contributed by atoms with Crippen molar-refractivity contribution in [3.8, 4) is 67.9 Å². The maximum atomic E-state index is 6.59. The van der Waals surface area contributed by atoms with E-state index < -0.39 is 0 Å². The number of hydrogen-bond donors (Lipinski definition) is 0. The van der Waals surface area contributed by atoms with Gasteiger partial charge in [0.15, 0.2) is 23.3 Å². The molecule has 4 heterocycles. The first kappa shape index (κ1) is 32.1. The van der Waals surface area contributed by atoms with Crippen LogP contribution in [0.15, 0.2) is 180 Å². The number of nitrogens with zero attached hydrogens (tertiary/aromatic N) is 5. The second kappa shape index (κ2) is 13.2. The Morgan fingerprint density at radius 1 is 0.357 bits per heavy atom. The Balaban J connectivity index is 1.14. The molecule has 56 heavy (non-hydrogen) atoms. The number of hydrogen-bond acceptors (Lipinski definition) is 7. The lowest BCUT2D eigenvalue weighted by molar-refractivity contribution is 0.669. The van der Waals surface area contributed by atoms with Crippen LogP contribution in [0.4, 0.5) is 0 Å². The van der Waals surface area contributed by atoms with Crippen LogP contribution in [0.1, 0.15) is 0 Å². The second-order valence-electron chi connectivity index (χ2n) is 13.6. The number of furan rings is 1. The molecule has 0 aliphatic carbocycles. The van der Waals surface area contributed by atoms with Gasteiger partial charge in [-0.25, -0.2) is 24.9 Å². The van der Waals surface area contributed by atoms with Crippen LogP contribution in [0, 0.1) is 0 Å². The van der Waals surface area contributed by atoms with Crippen molar-refractivity contribution in [3.63, 3.8) is 0 Å². The quantitative estimate of drug-likeness (QED) is 0.169. The molecule has 0 bridgehead atoms. The highest BCUT2D eigenvalue weighted by Gasteiger charge is 2.23. The van der Waals surface area contributed by atoms with Gasteiger partial charge in [-0.15, -0.1) is 11.3 Å².